The molecule has 0 aliphatic heterocycles. The van der Waals surface area contributed by atoms with Gasteiger partial charge in [0.25, 0.3) is 0 Å². The van der Waals surface area contributed by atoms with E-state index in [1.807, 2.05) is 6.07 Å². The number of nitrogens with one attached hydrogen (secondary N) is 1. The highest BCUT2D eigenvalue weighted by Gasteiger charge is 2.13. The molecule has 0 aromatic heterocycles. The molecule has 18 heavy (non-hydrogen) atoms. The molecule has 0 bridgehead atoms. The third-order valence-corrected chi connectivity index (χ3v) is 3.47. The minimum absolute atomic E-state index is 0.188. The Labute approximate surface area is 112 Å². The van der Waals surface area contributed by atoms with Gasteiger partial charge in [0.1, 0.15) is 5.75 Å². The van der Waals surface area contributed by atoms with Crippen molar-refractivity contribution in [1.82, 2.24) is 5.32 Å². The quantitative estimate of drug-likeness (QED) is 0.784. The van der Waals surface area contributed by atoms with Crippen LogP contribution in [-0.4, -0.2) is 11.6 Å². The molecule has 0 spiro atoms. The van der Waals surface area contributed by atoms with Crippen LogP contribution >= 0.6 is 0 Å². The summed E-state index contributed by atoms with van der Waals surface area (Å²) in [6, 6.07) is 8.36. The van der Waals surface area contributed by atoms with Crippen molar-refractivity contribution in [2.75, 3.05) is 0 Å². The molecule has 0 saturated heterocycles. The fourth-order valence-corrected chi connectivity index (χ4v) is 1.51. The lowest BCUT2D eigenvalue weighted by atomic mass is 10.0. The first-order valence-electron chi connectivity index (χ1n) is 6.97. The number of rotatable bonds is 7. The first-order valence-corrected chi connectivity index (χ1v) is 6.97. The fourth-order valence-electron chi connectivity index (χ4n) is 1.51. The molecule has 0 amide bonds. The average Bonchev–Trinajstić information content (AvgIpc) is 2.37. The Morgan fingerprint density at radius 2 is 2.00 bits per heavy atom. The lowest BCUT2D eigenvalue weighted by Crippen LogP contribution is -2.37. The summed E-state index contributed by atoms with van der Waals surface area (Å²) in [6.07, 6.45) is 2.43. The van der Waals surface area contributed by atoms with Gasteiger partial charge in [-0.05, 0) is 51.3 Å². The molecule has 1 unspecified atom stereocenters. The normalized spacial score (nSPS) is 13.4. The Kier molecular flexibility index (Phi) is 5.67. The third-order valence-electron chi connectivity index (χ3n) is 3.47. The van der Waals surface area contributed by atoms with Gasteiger partial charge < -0.3 is 10.1 Å². The maximum absolute atomic E-state index is 5.83. The van der Waals surface area contributed by atoms with Crippen LogP contribution in [0.25, 0.3) is 0 Å². The van der Waals surface area contributed by atoms with Gasteiger partial charge >= 0.3 is 0 Å². The zero-order valence-corrected chi connectivity index (χ0v) is 12.4. The van der Waals surface area contributed by atoms with Crippen LogP contribution in [0.4, 0.5) is 0 Å². The summed E-state index contributed by atoms with van der Waals surface area (Å²) in [5, 5.41) is 3.56. The van der Waals surface area contributed by atoms with E-state index in [-0.39, 0.29) is 11.6 Å². The summed E-state index contributed by atoms with van der Waals surface area (Å²) in [6.45, 7) is 11.8. The van der Waals surface area contributed by atoms with E-state index in [0.29, 0.717) is 0 Å². The van der Waals surface area contributed by atoms with Gasteiger partial charge in [-0.3, -0.25) is 0 Å². The van der Waals surface area contributed by atoms with Crippen LogP contribution in [0.2, 0.25) is 0 Å². The van der Waals surface area contributed by atoms with Crippen LogP contribution in [0.15, 0.2) is 24.3 Å². The Hall–Kier alpha value is -1.02. The zero-order valence-electron chi connectivity index (χ0n) is 12.4. The van der Waals surface area contributed by atoms with Gasteiger partial charge in [0.2, 0.25) is 0 Å². The van der Waals surface area contributed by atoms with Crippen LogP contribution in [0, 0.1) is 0 Å². The van der Waals surface area contributed by atoms with Crippen molar-refractivity contribution in [3.05, 3.63) is 29.8 Å². The fraction of sp³-hybridized carbons (Fsp3) is 0.625. The number of hydrogen-bond donors (Lipinski definition) is 1. The van der Waals surface area contributed by atoms with E-state index in [1.54, 1.807) is 0 Å². The monoisotopic (exact) mass is 249 g/mol. The largest absolute Gasteiger partial charge is 0.491 e. The smallest absolute Gasteiger partial charge is 0.120 e. The molecule has 1 aromatic rings. The minimum atomic E-state index is 0.188. The molecular formula is C16H27NO. The maximum atomic E-state index is 5.83. The second kappa shape index (κ2) is 6.79. The molecule has 1 rings (SSSR count). The van der Waals surface area contributed by atoms with E-state index in [2.05, 4.69) is 58.1 Å². The van der Waals surface area contributed by atoms with Gasteiger partial charge in [-0.1, -0.05) is 26.0 Å². The lowest BCUT2D eigenvalue weighted by molar-refractivity contribution is 0.217. The van der Waals surface area contributed by atoms with Crippen molar-refractivity contribution in [3.8, 4) is 5.75 Å². The van der Waals surface area contributed by atoms with Crippen LogP contribution in [0.1, 0.15) is 53.0 Å². The molecule has 0 aliphatic rings. The van der Waals surface area contributed by atoms with E-state index in [9.17, 15) is 0 Å². The van der Waals surface area contributed by atoms with Crippen molar-refractivity contribution in [2.24, 2.45) is 0 Å². The van der Waals surface area contributed by atoms with Gasteiger partial charge in [0, 0.05) is 12.1 Å². The molecule has 2 heteroatoms. The number of hydrogen-bond acceptors (Lipinski definition) is 2. The lowest BCUT2D eigenvalue weighted by Gasteiger charge is -2.24. The maximum Gasteiger partial charge on any atom is 0.120 e. The predicted molar refractivity (Wildman–Crippen MR) is 78.0 cm³/mol. The Bertz CT molecular complexity index is 360. The van der Waals surface area contributed by atoms with Crippen LogP contribution in [-0.2, 0) is 6.54 Å². The molecule has 0 fully saturated rings. The van der Waals surface area contributed by atoms with Crippen LogP contribution in [0.5, 0.6) is 5.75 Å². The Balaban J connectivity index is 2.59. The second-order valence-electron chi connectivity index (χ2n) is 5.58. The molecule has 0 radical (unpaired) electrons. The second-order valence-corrected chi connectivity index (χ2v) is 5.58. The molecule has 0 saturated carbocycles. The third kappa shape index (κ3) is 5.09. The summed E-state index contributed by atoms with van der Waals surface area (Å²) in [7, 11) is 0. The zero-order chi connectivity index (χ0) is 13.6. The molecule has 2 nitrogen and oxygen atoms in total. The van der Waals surface area contributed by atoms with Crippen LogP contribution in [0.3, 0.4) is 0 Å². The van der Waals surface area contributed by atoms with Crippen LogP contribution < -0.4 is 10.1 Å². The van der Waals surface area contributed by atoms with Gasteiger partial charge in [-0.15, -0.1) is 0 Å². The number of ether oxygens (including phenoxy) is 1. The van der Waals surface area contributed by atoms with Crippen molar-refractivity contribution < 1.29 is 4.74 Å². The first-order chi connectivity index (χ1) is 8.46. The minimum Gasteiger partial charge on any atom is -0.491 e. The van der Waals surface area contributed by atoms with Crippen molar-refractivity contribution in [2.45, 2.75) is 65.6 Å². The van der Waals surface area contributed by atoms with Crippen molar-refractivity contribution in [1.29, 1.82) is 0 Å². The van der Waals surface area contributed by atoms with Gasteiger partial charge in [-0.2, -0.15) is 0 Å². The molecular weight excluding hydrogens is 222 g/mol. The topological polar surface area (TPSA) is 21.3 Å². The van der Waals surface area contributed by atoms with Crippen molar-refractivity contribution >= 4 is 0 Å². The van der Waals surface area contributed by atoms with E-state index in [1.165, 1.54) is 5.56 Å². The predicted octanol–water partition coefficient (Wildman–Crippen LogP) is 4.14. The number of benzene rings is 1. The standard InChI is InChI=1S/C16H27NO/c1-6-13(3)18-15-10-8-9-14(11-15)12-17-16(4,5)7-2/h8-11,13,17H,6-7,12H2,1-5H3. The summed E-state index contributed by atoms with van der Waals surface area (Å²) in [5.41, 5.74) is 1.46. The highest BCUT2D eigenvalue weighted by atomic mass is 16.5. The summed E-state index contributed by atoms with van der Waals surface area (Å²) < 4.78 is 5.83. The van der Waals surface area contributed by atoms with Gasteiger partial charge in [-0.25, -0.2) is 0 Å². The summed E-state index contributed by atoms with van der Waals surface area (Å²) in [4.78, 5) is 0. The van der Waals surface area contributed by atoms with E-state index < -0.39 is 0 Å². The molecule has 1 N–H and O–H groups in total. The van der Waals surface area contributed by atoms with E-state index in [0.717, 1.165) is 25.1 Å². The summed E-state index contributed by atoms with van der Waals surface area (Å²) >= 11 is 0. The van der Waals surface area contributed by atoms with E-state index >= 15 is 0 Å². The SMILES string of the molecule is CCC(C)Oc1cccc(CNC(C)(C)CC)c1. The van der Waals surface area contributed by atoms with E-state index in [4.69, 9.17) is 4.74 Å². The molecule has 0 aliphatic carbocycles. The first kappa shape index (κ1) is 15.0. The molecule has 102 valence electrons. The van der Waals surface area contributed by atoms with Crippen molar-refractivity contribution in [3.63, 3.8) is 0 Å². The summed E-state index contributed by atoms with van der Waals surface area (Å²) in [5.74, 6) is 0.970. The highest BCUT2D eigenvalue weighted by Crippen LogP contribution is 2.17. The Morgan fingerprint density at radius 3 is 2.61 bits per heavy atom. The molecule has 1 atom stereocenters. The Morgan fingerprint density at radius 1 is 1.28 bits per heavy atom. The molecule has 0 heterocycles. The average molecular weight is 249 g/mol. The van der Waals surface area contributed by atoms with Gasteiger partial charge in [0.05, 0.1) is 6.10 Å². The highest BCUT2D eigenvalue weighted by molar-refractivity contribution is 5.28. The van der Waals surface area contributed by atoms with Gasteiger partial charge in [0.15, 0.2) is 0 Å². The molecule has 1 aromatic carbocycles.